The van der Waals surface area contributed by atoms with Gasteiger partial charge in [-0.2, -0.15) is 10.1 Å². The van der Waals surface area contributed by atoms with Crippen molar-refractivity contribution in [1.29, 1.82) is 0 Å². The van der Waals surface area contributed by atoms with Crippen molar-refractivity contribution in [2.24, 2.45) is 0 Å². The zero-order chi connectivity index (χ0) is 22.8. The Morgan fingerprint density at radius 2 is 1.76 bits per heavy atom. The fourth-order valence-corrected chi connectivity index (χ4v) is 3.72. The predicted octanol–water partition coefficient (Wildman–Crippen LogP) is 5.02. The van der Waals surface area contributed by atoms with Crippen molar-refractivity contribution >= 4 is 28.0 Å². The summed E-state index contributed by atoms with van der Waals surface area (Å²) in [4.78, 5) is 26.7. The summed E-state index contributed by atoms with van der Waals surface area (Å²) in [5, 5.41) is 4.72. The molecule has 0 aliphatic rings. The van der Waals surface area contributed by atoms with Gasteiger partial charge in [0.25, 0.3) is 0 Å². The smallest absolute Gasteiger partial charge is 0.337 e. The van der Waals surface area contributed by atoms with Crippen LogP contribution in [0.25, 0.3) is 33.3 Å². The first-order valence-corrected chi connectivity index (χ1v) is 11.0. The third kappa shape index (κ3) is 3.91. The second-order valence-corrected chi connectivity index (χ2v) is 7.55. The molecule has 2 aromatic carbocycles. The summed E-state index contributed by atoms with van der Waals surface area (Å²) in [7, 11) is 0. The van der Waals surface area contributed by atoms with Gasteiger partial charge in [-0.3, -0.25) is 9.67 Å². The number of hydrogen-bond donors (Lipinski definition) is 0. The fraction of sp³-hybridized carbons (Fsp3) is 0.200. The van der Waals surface area contributed by atoms with Crippen molar-refractivity contribution in [3.63, 3.8) is 0 Å². The molecule has 3 aromatic heterocycles. The van der Waals surface area contributed by atoms with E-state index in [0.717, 1.165) is 28.8 Å². The Bertz CT molecular complexity index is 1440. The number of benzene rings is 2. The van der Waals surface area contributed by atoms with Crippen molar-refractivity contribution in [3.8, 4) is 23.0 Å². The Morgan fingerprint density at radius 1 is 0.970 bits per heavy atom. The number of para-hydroxylation sites is 2. The van der Waals surface area contributed by atoms with Crippen LogP contribution in [0.15, 0.2) is 66.9 Å². The van der Waals surface area contributed by atoms with Gasteiger partial charge in [0.15, 0.2) is 0 Å². The molecule has 0 spiro atoms. The number of pyridine rings is 1. The number of aromatic nitrogens is 5. The molecule has 0 N–H and O–H groups in total. The lowest BCUT2D eigenvalue weighted by Gasteiger charge is -2.09. The predicted molar refractivity (Wildman–Crippen MR) is 125 cm³/mol. The van der Waals surface area contributed by atoms with Gasteiger partial charge in [-0.15, -0.1) is 4.73 Å². The molecule has 0 bridgehead atoms. The highest BCUT2D eigenvalue weighted by atomic mass is 16.7. The molecule has 0 unspecified atom stereocenters. The van der Waals surface area contributed by atoms with Crippen LogP contribution in [0.2, 0.25) is 0 Å². The van der Waals surface area contributed by atoms with Crippen LogP contribution in [0.3, 0.4) is 0 Å². The van der Waals surface area contributed by atoms with Gasteiger partial charge >= 0.3 is 12.0 Å². The minimum Gasteiger partial charge on any atom is -0.423 e. The monoisotopic (exact) mass is 441 g/mol. The molecular weight excluding hydrogens is 418 g/mol. The minimum atomic E-state index is -0.341. The van der Waals surface area contributed by atoms with Crippen molar-refractivity contribution < 1.29 is 14.4 Å². The summed E-state index contributed by atoms with van der Waals surface area (Å²) in [6.07, 6.45) is 2.78. The Labute approximate surface area is 190 Å². The first-order valence-electron chi connectivity index (χ1n) is 11.0. The highest BCUT2D eigenvalue weighted by Crippen LogP contribution is 2.30. The lowest BCUT2D eigenvalue weighted by Crippen LogP contribution is -2.19. The maximum atomic E-state index is 12.2. The van der Waals surface area contributed by atoms with E-state index in [-0.39, 0.29) is 12.0 Å². The molecular formula is C25H23N5O3. The standard InChI is InChI=1S/C25H23N5O3/c1-3-8-22(31)33-30-20-10-6-5-9-19(20)27-25(30)32-18-14-12-17(13-15-18)23-24-21(11-7-16-26-24)29(4-2)28-23/h5-7,9-16H,3-4,8H2,1-2H3. The first-order chi connectivity index (χ1) is 16.2. The zero-order valence-corrected chi connectivity index (χ0v) is 18.4. The first kappa shape index (κ1) is 20.7. The number of aryl methyl sites for hydroxylation is 1. The lowest BCUT2D eigenvalue weighted by atomic mass is 10.1. The van der Waals surface area contributed by atoms with Gasteiger partial charge in [0.05, 0.1) is 11.0 Å². The number of imidazole rings is 1. The van der Waals surface area contributed by atoms with E-state index in [2.05, 4.69) is 16.9 Å². The molecule has 0 aliphatic carbocycles. The molecule has 8 heteroatoms. The minimum absolute atomic E-state index is 0.191. The zero-order valence-electron chi connectivity index (χ0n) is 18.4. The summed E-state index contributed by atoms with van der Waals surface area (Å²) >= 11 is 0. The van der Waals surface area contributed by atoms with Gasteiger partial charge in [0.1, 0.15) is 22.5 Å². The van der Waals surface area contributed by atoms with E-state index in [1.807, 2.05) is 72.3 Å². The van der Waals surface area contributed by atoms with Crippen LogP contribution in [0.4, 0.5) is 0 Å². The Morgan fingerprint density at radius 3 is 2.55 bits per heavy atom. The van der Waals surface area contributed by atoms with Gasteiger partial charge in [-0.05, 0) is 61.9 Å². The van der Waals surface area contributed by atoms with E-state index in [1.165, 1.54) is 4.73 Å². The second kappa shape index (κ2) is 8.74. The summed E-state index contributed by atoms with van der Waals surface area (Å²) in [6, 6.07) is 19.1. The quantitative estimate of drug-likeness (QED) is 0.353. The largest absolute Gasteiger partial charge is 0.423 e. The number of carbonyl (C=O) groups excluding carboxylic acids is 1. The van der Waals surface area contributed by atoms with Crippen molar-refractivity contribution in [2.45, 2.75) is 33.2 Å². The van der Waals surface area contributed by atoms with Gasteiger partial charge in [0.2, 0.25) is 0 Å². The summed E-state index contributed by atoms with van der Waals surface area (Å²) in [6.45, 7) is 4.74. The fourth-order valence-electron chi connectivity index (χ4n) is 3.72. The second-order valence-electron chi connectivity index (χ2n) is 7.55. The maximum Gasteiger partial charge on any atom is 0.337 e. The Kier molecular flexibility index (Phi) is 5.48. The number of carbonyl (C=O) groups is 1. The number of fused-ring (bicyclic) bond motifs is 2. The van der Waals surface area contributed by atoms with Crippen LogP contribution < -0.4 is 9.57 Å². The van der Waals surface area contributed by atoms with Crippen LogP contribution in [0, 0.1) is 0 Å². The summed E-state index contributed by atoms with van der Waals surface area (Å²) in [5.74, 6) is 0.223. The summed E-state index contributed by atoms with van der Waals surface area (Å²) < 4.78 is 9.30. The number of ether oxygens (including phenoxy) is 1. The molecule has 0 radical (unpaired) electrons. The molecule has 0 saturated carbocycles. The average Bonchev–Trinajstić information content (AvgIpc) is 3.38. The van der Waals surface area contributed by atoms with E-state index in [4.69, 9.17) is 14.7 Å². The van der Waals surface area contributed by atoms with Crippen molar-refractivity contribution in [3.05, 3.63) is 66.9 Å². The van der Waals surface area contributed by atoms with Crippen LogP contribution in [0.1, 0.15) is 26.7 Å². The van der Waals surface area contributed by atoms with E-state index in [1.54, 1.807) is 6.20 Å². The number of hydrogen-bond acceptors (Lipinski definition) is 6. The van der Waals surface area contributed by atoms with Crippen LogP contribution in [-0.4, -0.2) is 30.4 Å². The molecule has 0 fully saturated rings. The average molecular weight is 441 g/mol. The molecule has 3 heterocycles. The van der Waals surface area contributed by atoms with E-state index in [9.17, 15) is 4.79 Å². The summed E-state index contributed by atoms with van der Waals surface area (Å²) in [5.41, 5.74) is 4.95. The third-order valence-corrected chi connectivity index (χ3v) is 5.28. The van der Waals surface area contributed by atoms with Gasteiger partial charge < -0.3 is 9.57 Å². The topological polar surface area (TPSA) is 84.1 Å². The van der Waals surface area contributed by atoms with Gasteiger partial charge in [0, 0.05) is 24.7 Å². The van der Waals surface area contributed by atoms with Crippen molar-refractivity contribution in [2.75, 3.05) is 0 Å². The van der Waals surface area contributed by atoms with Crippen LogP contribution >= 0.6 is 0 Å². The third-order valence-electron chi connectivity index (χ3n) is 5.28. The molecule has 166 valence electrons. The molecule has 0 atom stereocenters. The molecule has 8 nitrogen and oxygen atoms in total. The SMILES string of the molecule is CCCC(=O)On1c(Oc2ccc(-c3nn(CC)c4cccnc34)cc2)nc2ccccc21. The Hall–Kier alpha value is -4.20. The van der Waals surface area contributed by atoms with Crippen LogP contribution in [-0.2, 0) is 11.3 Å². The van der Waals surface area contributed by atoms with Crippen molar-refractivity contribution in [1.82, 2.24) is 24.5 Å². The van der Waals surface area contributed by atoms with Crippen LogP contribution in [0.5, 0.6) is 11.8 Å². The Balaban J connectivity index is 1.46. The molecule has 0 aliphatic heterocycles. The molecule has 5 aromatic rings. The number of rotatable bonds is 7. The normalized spacial score (nSPS) is 11.2. The van der Waals surface area contributed by atoms with Gasteiger partial charge in [-0.25, -0.2) is 4.79 Å². The molecule has 0 amide bonds. The molecule has 0 saturated heterocycles. The van der Waals surface area contributed by atoms with E-state index < -0.39 is 0 Å². The van der Waals surface area contributed by atoms with E-state index >= 15 is 0 Å². The van der Waals surface area contributed by atoms with E-state index in [0.29, 0.717) is 29.6 Å². The van der Waals surface area contributed by atoms with Gasteiger partial charge in [-0.1, -0.05) is 19.1 Å². The molecule has 33 heavy (non-hydrogen) atoms. The highest BCUT2D eigenvalue weighted by Gasteiger charge is 2.17. The highest BCUT2D eigenvalue weighted by molar-refractivity contribution is 5.90. The maximum absolute atomic E-state index is 12.2. The molecule has 5 rings (SSSR count). The number of nitrogens with zero attached hydrogens (tertiary/aromatic N) is 5. The lowest BCUT2D eigenvalue weighted by molar-refractivity contribution is -0.144.